The second-order valence-electron chi connectivity index (χ2n) is 5.53. The molecular formula is C17H15F3N4S. The van der Waals surface area contributed by atoms with Gasteiger partial charge in [-0.05, 0) is 18.6 Å². The first-order valence-electron chi connectivity index (χ1n) is 7.41. The van der Waals surface area contributed by atoms with E-state index in [-0.39, 0.29) is 0 Å². The Hall–Kier alpha value is -2.48. The number of hydrogen-bond donors (Lipinski definition) is 1. The van der Waals surface area contributed by atoms with Crippen molar-refractivity contribution in [3.05, 3.63) is 65.2 Å². The van der Waals surface area contributed by atoms with Crippen molar-refractivity contribution in [3.8, 4) is 11.4 Å². The summed E-state index contributed by atoms with van der Waals surface area (Å²) in [7, 11) is 0. The number of alkyl halides is 3. The number of nitrogen functional groups attached to an aromatic ring is 1. The van der Waals surface area contributed by atoms with Gasteiger partial charge in [0, 0.05) is 11.3 Å². The third kappa shape index (κ3) is 3.96. The molecular weight excluding hydrogens is 349 g/mol. The minimum absolute atomic E-state index is 0.313. The van der Waals surface area contributed by atoms with Crippen LogP contribution in [-0.2, 0) is 11.9 Å². The van der Waals surface area contributed by atoms with Crippen LogP contribution in [0.15, 0.2) is 53.7 Å². The Morgan fingerprint density at radius 3 is 2.48 bits per heavy atom. The predicted octanol–water partition coefficient (Wildman–Crippen LogP) is 4.28. The molecule has 0 radical (unpaired) electrons. The third-order valence-corrected chi connectivity index (χ3v) is 4.61. The normalized spacial score (nSPS) is 11.7. The van der Waals surface area contributed by atoms with Crippen LogP contribution in [0.3, 0.4) is 0 Å². The first-order chi connectivity index (χ1) is 11.8. The molecule has 0 unspecified atom stereocenters. The Bertz CT molecular complexity index is 872. The molecule has 3 rings (SSSR count). The largest absolute Gasteiger partial charge is 0.416 e. The molecule has 3 aromatic rings. The molecule has 2 aromatic carbocycles. The van der Waals surface area contributed by atoms with E-state index in [1.54, 1.807) is 6.07 Å². The lowest BCUT2D eigenvalue weighted by Gasteiger charge is -2.08. The van der Waals surface area contributed by atoms with Crippen molar-refractivity contribution in [2.75, 3.05) is 5.84 Å². The molecule has 0 aliphatic heterocycles. The van der Waals surface area contributed by atoms with Crippen molar-refractivity contribution in [2.45, 2.75) is 24.0 Å². The van der Waals surface area contributed by atoms with Gasteiger partial charge in [0.05, 0.1) is 5.56 Å². The zero-order valence-corrected chi connectivity index (χ0v) is 14.1. The predicted molar refractivity (Wildman–Crippen MR) is 91.4 cm³/mol. The van der Waals surface area contributed by atoms with Crippen LogP contribution in [0.5, 0.6) is 0 Å². The summed E-state index contributed by atoms with van der Waals surface area (Å²) in [5, 5.41) is 8.54. The summed E-state index contributed by atoms with van der Waals surface area (Å²) in [6, 6.07) is 12.9. The summed E-state index contributed by atoms with van der Waals surface area (Å²) in [5.74, 6) is 6.85. The highest BCUT2D eigenvalue weighted by atomic mass is 32.2. The van der Waals surface area contributed by atoms with Gasteiger partial charge in [0.25, 0.3) is 0 Å². The first kappa shape index (κ1) is 17.3. The number of rotatable bonds is 4. The lowest BCUT2D eigenvalue weighted by atomic mass is 10.1. The van der Waals surface area contributed by atoms with Crippen molar-refractivity contribution >= 4 is 11.8 Å². The van der Waals surface area contributed by atoms with Crippen LogP contribution in [-0.4, -0.2) is 14.9 Å². The number of aryl methyl sites for hydroxylation is 1. The maximum Gasteiger partial charge on any atom is 0.416 e. The first-order valence-corrected chi connectivity index (χ1v) is 8.39. The molecule has 0 spiro atoms. The fraction of sp³-hybridized carbons (Fsp3) is 0.176. The summed E-state index contributed by atoms with van der Waals surface area (Å²) < 4.78 is 39.6. The molecule has 1 heterocycles. The summed E-state index contributed by atoms with van der Waals surface area (Å²) in [6.45, 7) is 1.98. The number of halogens is 3. The van der Waals surface area contributed by atoms with E-state index < -0.39 is 11.7 Å². The van der Waals surface area contributed by atoms with Gasteiger partial charge < -0.3 is 5.84 Å². The van der Waals surface area contributed by atoms with Crippen LogP contribution >= 0.6 is 11.8 Å². The number of benzene rings is 2. The lowest BCUT2D eigenvalue weighted by Crippen LogP contribution is -2.11. The Balaban J connectivity index is 1.76. The molecule has 0 fully saturated rings. The zero-order chi connectivity index (χ0) is 18.0. The minimum Gasteiger partial charge on any atom is -0.335 e. The Labute approximate surface area is 146 Å². The van der Waals surface area contributed by atoms with Crippen molar-refractivity contribution in [1.82, 2.24) is 14.9 Å². The number of aromatic nitrogens is 3. The van der Waals surface area contributed by atoms with Crippen molar-refractivity contribution in [2.24, 2.45) is 0 Å². The fourth-order valence-electron chi connectivity index (χ4n) is 2.26. The Kier molecular flexibility index (Phi) is 4.71. The third-order valence-electron chi connectivity index (χ3n) is 3.60. The van der Waals surface area contributed by atoms with Gasteiger partial charge in [-0.25, -0.2) is 4.68 Å². The fourth-order valence-corrected chi connectivity index (χ4v) is 3.06. The van der Waals surface area contributed by atoms with Gasteiger partial charge >= 0.3 is 6.18 Å². The van der Waals surface area contributed by atoms with Crippen LogP contribution < -0.4 is 5.84 Å². The molecule has 130 valence electrons. The maximum atomic E-state index is 12.8. The summed E-state index contributed by atoms with van der Waals surface area (Å²) in [4.78, 5) is 0. The SMILES string of the molecule is Cc1ccc(-c2nnc(SCc3cccc(C(F)(F)F)c3)n2N)cc1. The van der Waals surface area contributed by atoms with Gasteiger partial charge in [-0.1, -0.05) is 59.8 Å². The summed E-state index contributed by atoms with van der Waals surface area (Å²) in [6.07, 6.45) is -4.35. The number of hydrogen-bond acceptors (Lipinski definition) is 4. The molecule has 25 heavy (non-hydrogen) atoms. The van der Waals surface area contributed by atoms with E-state index in [0.29, 0.717) is 22.3 Å². The number of nitrogens with two attached hydrogens (primary N) is 1. The molecule has 4 nitrogen and oxygen atoms in total. The topological polar surface area (TPSA) is 56.7 Å². The molecule has 1 aromatic heterocycles. The maximum absolute atomic E-state index is 12.8. The Morgan fingerprint density at radius 2 is 1.80 bits per heavy atom. The van der Waals surface area contributed by atoms with E-state index in [0.717, 1.165) is 23.3 Å². The van der Waals surface area contributed by atoms with E-state index in [2.05, 4.69) is 10.2 Å². The quantitative estimate of drug-likeness (QED) is 0.555. The highest BCUT2D eigenvalue weighted by Gasteiger charge is 2.30. The van der Waals surface area contributed by atoms with E-state index >= 15 is 0 Å². The zero-order valence-electron chi connectivity index (χ0n) is 13.3. The van der Waals surface area contributed by atoms with Crippen LogP contribution in [0, 0.1) is 6.92 Å². The molecule has 0 aliphatic rings. The lowest BCUT2D eigenvalue weighted by molar-refractivity contribution is -0.137. The van der Waals surface area contributed by atoms with Gasteiger partial charge in [-0.15, -0.1) is 10.2 Å². The molecule has 0 aliphatic carbocycles. The second-order valence-corrected chi connectivity index (χ2v) is 6.47. The van der Waals surface area contributed by atoms with Crippen LogP contribution in [0.4, 0.5) is 13.2 Å². The monoisotopic (exact) mass is 364 g/mol. The van der Waals surface area contributed by atoms with E-state index in [9.17, 15) is 13.2 Å². The molecule has 2 N–H and O–H groups in total. The molecule has 0 atom stereocenters. The van der Waals surface area contributed by atoms with Crippen molar-refractivity contribution in [3.63, 3.8) is 0 Å². The molecule has 0 saturated carbocycles. The van der Waals surface area contributed by atoms with Crippen LogP contribution in [0.2, 0.25) is 0 Å². The average molecular weight is 364 g/mol. The van der Waals surface area contributed by atoms with Gasteiger partial charge in [-0.3, -0.25) is 0 Å². The highest BCUT2D eigenvalue weighted by Crippen LogP contribution is 2.31. The molecule has 0 saturated heterocycles. The Morgan fingerprint density at radius 1 is 1.08 bits per heavy atom. The van der Waals surface area contributed by atoms with Crippen LogP contribution in [0.25, 0.3) is 11.4 Å². The molecule has 0 bridgehead atoms. The second kappa shape index (κ2) is 6.79. The number of nitrogens with zero attached hydrogens (tertiary/aromatic N) is 3. The standard InChI is InChI=1S/C17H15F3N4S/c1-11-5-7-13(8-6-11)15-22-23-16(24(15)21)25-10-12-3-2-4-14(9-12)17(18,19)20/h2-9H,10,21H2,1H3. The van der Waals surface area contributed by atoms with Gasteiger partial charge in [0.1, 0.15) is 0 Å². The van der Waals surface area contributed by atoms with Crippen molar-refractivity contribution in [1.29, 1.82) is 0 Å². The van der Waals surface area contributed by atoms with Crippen molar-refractivity contribution < 1.29 is 13.2 Å². The average Bonchev–Trinajstić information content (AvgIpc) is 2.94. The number of thioether (sulfide) groups is 1. The van der Waals surface area contributed by atoms with E-state index in [4.69, 9.17) is 5.84 Å². The molecule has 0 amide bonds. The van der Waals surface area contributed by atoms with E-state index in [1.165, 1.54) is 22.5 Å². The highest BCUT2D eigenvalue weighted by molar-refractivity contribution is 7.98. The van der Waals surface area contributed by atoms with Gasteiger partial charge in [0.15, 0.2) is 5.82 Å². The van der Waals surface area contributed by atoms with Gasteiger partial charge in [-0.2, -0.15) is 13.2 Å². The summed E-state index contributed by atoms with van der Waals surface area (Å²) in [5.41, 5.74) is 1.82. The van der Waals surface area contributed by atoms with E-state index in [1.807, 2.05) is 31.2 Å². The molecule has 8 heteroatoms. The minimum atomic E-state index is -4.35. The van der Waals surface area contributed by atoms with Gasteiger partial charge in [0.2, 0.25) is 5.16 Å². The summed E-state index contributed by atoms with van der Waals surface area (Å²) >= 11 is 1.24. The van der Waals surface area contributed by atoms with Crippen LogP contribution in [0.1, 0.15) is 16.7 Å². The smallest absolute Gasteiger partial charge is 0.335 e.